The summed E-state index contributed by atoms with van der Waals surface area (Å²) < 4.78 is 1.27. The Morgan fingerprint density at radius 2 is 2.50 bits per heavy atom. The van der Waals surface area contributed by atoms with Crippen LogP contribution in [-0.4, -0.2) is 32.9 Å². The number of nitrogens with one attached hydrogen (secondary N) is 2. The van der Waals surface area contributed by atoms with Crippen molar-refractivity contribution in [2.75, 3.05) is 0 Å². The van der Waals surface area contributed by atoms with Crippen LogP contribution in [0.4, 0.5) is 4.79 Å². The number of allylic oxidation sites excluding steroid dienone is 1. The Morgan fingerprint density at radius 1 is 1.69 bits per heavy atom. The van der Waals surface area contributed by atoms with Crippen molar-refractivity contribution < 1.29 is 9.90 Å². The first-order valence-corrected chi connectivity index (χ1v) is 4.66. The lowest BCUT2D eigenvalue weighted by molar-refractivity contribution is 0.228. The molecule has 2 rings (SSSR count). The molecule has 0 radical (unpaired) electrons. The number of aliphatic imine (C=N–C) groups is 1. The summed E-state index contributed by atoms with van der Waals surface area (Å²) in [5.74, 6) is 0.214. The van der Waals surface area contributed by atoms with Crippen molar-refractivity contribution in [2.45, 2.75) is 13.2 Å². The standard InChI is InChI=1S/C9H11N5O2/c1-6-4-7(15)12-8(11-6)13-9(16)14-3-2-10-5-14/h2-5,7,15H,1H3,(H2,11,12,13,16). The first kappa shape index (κ1) is 10.4. The van der Waals surface area contributed by atoms with Crippen molar-refractivity contribution in [1.29, 1.82) is 0 Å². The minimum Gasteiger partial charge on any atom is -0.368 e. The zero-order valence-electron chi connectivity index (χ0n) is 8.58. The zero-order chi connectivity index (χ0) is 11.5. The number of hydrogen-bond donors (Lipinski definition) is 3. The van der Waals surface area contributed by atoms with E-state index in [0.717, 1.165) is 5.70 Å². The maximum absolute atomic E-state index is 11.6. The van der Waals surface area contributed by atoms with Crippen LogP contribution in [0.5, 0.6) is 0 Å². The lowest BCUT2D eigenvalue weighted by Crippen LogP contribution is -2.44. The molecule has 1 aromatic rings. The normalized spacial score (nSPS) is 19.5. The van der Waals surface area contributed by atoms with E-state index in [1.54, 1.807) is 6.92 Å². The van der Waals surface area contributed by atoms with E-state index in [4.69, 9.17) is 0 Å². The van der Waals surface area contributed by atoms with Crippen LogP contribution in [0.2, 0.25) is 0 Å². The second kappa shape index (κ2) is 4.15. The van der Waals surface area contributed by atoms with Crippen LogP contribution in [-0.2, 0) is 0 Å². The van der Waals surface area contributed by atoms with Gasteiger partial charge in [-0.3, -0.25) is 9.88 Å². The van der Waals surface area contributed by atoms with Crippen molar-refractivity contribution in [3.05, 3.63) is 30.5 Å². The average Bonchev–Trinajstić information content (AvgIpc) is 2.68. The number of carbonyl (C=O) groups is 1. The largest absolute Gasteiger partial charge is 0.368 e. The van der Waals surface area contributed by atoms with Crippen molar-refractivity contribution >= 4 is 12.0 Å². The SMILES string of the molecule is CC1=CC(O)N=C(NC(=O)n2ccnc2)N1. The molecule has 0 aliphatic carbocycles. The summed E-state index contributed by atoms with van der Waals surface area (Å²) in [6, 6.07) is -0.398. The number of aliphatic hydroxyl groups is 1. The number of nitrogens with zero attached hydrogens (tertiary/aromatic N) is 3. The number of aliphatic hydroxyl groups excluding tert-OH is 1. The van der Waals surface area contributed by atoms with E-state index in [1.165, 1.54) is 29.4 Å². The highest BCUT2D eigenvalue weighted by Crippen LogP contribution is 2.00. The Morgan fingerprint density at radius 3 is 3.12 bits per heavy atom. The van der Waals surface area contributed by atoms with Gasteiger partial charge in [-0.15, -0.1) is 0 Å². The van der Waals surface area contributed by atoms with E-state index in [9.17, 15) is 9.90 Å². The van der Waals surface area contributed by atoms with Crippen LogP contribution in [0.1, 0.15) is 6.92 Å². The molecular formula is C9H11N5O2. The topological polar surface area (TPSA) is 91.5 Å². The van der Waals surface area contributed by atoms with Crippen LogP contribution < -0.4 is 10.6 Å². The number of carbonyl (C=O) groups excluding carboxylic acids is 1. The molecule has 84 valence electrons. The molecule has 1 atom stereocenters. The van der Waals surface area contributed by atoms with Gasteiger partial charge in [-0.05, 0) is 13.0 Å². The fraction of sp³-hybridized carbons (Fsp3) is 0.222. The predicted molar refractivity (Wildman–Crippen MR) is 56.5 cm³/mol. The van der Waals surface area contributed by atoms with E-state index in [0.29, 0.717) is 0 Å². The number of rotatable bonds is 0. The molecule has 1 aliphatic rings. The smallest absolute Gasteiger partial charge is 0.333 e. The van der Waals surface area contributed by atoms with Crippen LogP contribution >= 0.6 is 0 Å². The Labute approximate surface area is 91.5 Å². The molecule has 1 aromatic heterocycles. The molecule has 7 heteroatoms. The third-order valence-electron chi connectivity index (χ3n) is 1.94. The molecule has 2 heterocycles. The summed E-state index contributed by atoms with van der Waals surface area (Å²) in [7, 11) is 0. The van der Waals surface area contributed by atoms with Crippen LogP contribution in [0.15, 0.2) is 35.5 Å². The van der Waals surface area contributed by atoms with Gasteiger partial charge in [0.15, 0.2) is 6.23 Å². The number of guanidine groups is 1. The highest BCUT2D eigenvalue weighted by atomic mass is 16.3. The molecule has 0 saturated carbocycles. The van der Waals surface area contributed by atoms with E-state index in [-0.39, 0.29) is 5.96 Å². The lowest BCUT2D eigenvalue weighted by atomic mass is 10.3. The van der Waals surface area contributed by atoms with Gasteiger partial charge in [-0.25, -0.2) is 14.8 Å². The summed E-state index contributed by atoms with van der Waals surface area (Å²) in [5, 5.41) is 14.6. The molecule has 0 fully saturated rings. The minimum absolute atomic E-state index is 0.214. The fourth-order valence-corrected chi connectivity index (χ4v) is 1.26. The van der Waals surface area contributed by atoms with Crippen molar-refractivity contribution in [1.82, 2.24) is 20.2 Å². The summed E-state index contributed by atoms with van der Waals surface area (Å²) in [6.07, 6.45) is 4.98. The number of amides is 1. The third kappa shape index (κ3) is 2.26. The fourth-order valence-electron chi connectivity index (χ4n) is 1.26. The highest BCUT2D eigenvalue weighted by Gasteiger charge is 2.13. The van der Waals surface area contributed by atoms with E-state index in [2.05, 4.69) is 20.6 Å². The van der Waals surface area contributed by atoms with Crippen LogP contribution in [0.25, 0.3) is 0 Å². The Bertz CT molecular complexity index is 448. The summed E-state index contributed by atoms with van der Waals surface area (Å²) in [6.45, 7) is 1.77. The molecule has 0 spiro atoms. The van der Waals surface area contributed by atoms with Gasteiger partial charge in [-0.1, -0.05) is 0 Å². The van der Waals surface area contributed by atoms with Crippen molar-refractivity contribution in [2.24, 2.45) is 4.99 Å². The molecule has 1 amide bonds. The Hall–Kier alpha value is -2.15. The minimum atomic E-state index is -0.931. The van der Waals surface area contributed by atoms with Gasteiger partial charge in [0.05, 0.1) is 0 Å². The maximum Gasteiger partial charge on any atom is 0.333 e. The second-order valence-electron chi connectivity index (χ2n) is 3.27. The van der Waals surface area contributed by atoms with Gasteiger partial charge in [0, 0.05) is 18.1 Å². The first-order chi connectivity index (χ1) is 7.65. The molecular weight excluding hydrogens is 210 g/mol. The van der Waals surface area contributed by atoms with Gasteiger partial charge in [0.25, 0.3) is 0 Å². The molecule has 3 N–H and O–H groups in total. The molecule has 0 saturated heterocycles. The maximum atomic E-state index is 11.6. The second-order valence-corrected chi connectivity index (χ2v) is 3.27. The van der Waals surface area contributed by atoms with Gasteiger partial charge in [0.1, 0.15) is 6.33 Å². The summed E-state index contributed by atoms with van der Waals surface area (Å²) >= 11 is 0. The highest BCUT2D eigenvalue weighted by molar-refractivity contribution is 5.98. The zero-order valence-corrected chi connectivity index (χ0v) is 8.58. The molecule has 7 nitrogen and oxygen atoms in total. The number of hydrogen-bond acceptors (Lipinski definition) is 5. The lowest BCUT2D eigenvalue weighted by Gasteiger charge is -2.17. The average molecular weight is 221 g/mol. The number of aromatic nitrogens is 2. The Kier molecular flexibility index (Phi) is 2.69. The van der Waals surface area contributed by atoms with E-state index >= 15 is 0 Å². The molecule has 1 unspecified atom stereocenters. The van der Waals surface area contributed by atoms with Crippen LogP contribution in [0.3, 0.4) is 0 Å². The molecule has 1 aliphatic heterocycles. The number of imidazole rings is 1. The van der Waals surface area contributed by atoms with Gasteiger partial charge >= 0.3 is 6.03 Å². The predicted octanol–water partition coefficient (Wildman–Crippen LogP) is -0.378. The quantitative estimate of drug-likeness (QED) is 0.557. The monoisotopic (exact) mass is 221 g/mol. The molecule has 0 bridgehead atoms. The van der Waals surface area contributed by atoms with Crippen molar-refractivity contribution in [3.8, 4) is 0 Å². The summed E-state index contributed by atoms with van der Waals surface area (Å²) in [5.41, 5.74) is 0.725. The Balaban J connectivity index is 2.03. The van der Waals surface area contributed by atoms with Crippen LogP contribution in [0, 0.1) is 0 Å². The molecule has 16 heavy (non-hydrogen) atoms. The van der Waals surface area contributed by atoms with Crippen molar-refractivity contribution in [3.63, 3.8) is 0 Å². The van der Waals surface area contributed by atoms with E-state index in [1.807, 2.05) is 0 Å². The van der Waals surface area contributed by atoms with E-state index < -0.39 is 12.3 Å². The van der Waals surface area contributed by atoms with Gasteiger partial charge < -0.3 is 10.4 Å². The van der Waals surface area contributed by atoms with Gasteiger partial charge in [-0.2, -0.15) is 0 Å². The summed E-state index contributed by atoms with van der Waals surface area (Å²) in [4.78, 5) is 19.1. The molecule has 0 aromatic carbocycles. The first-order valence-electron chi connectivity index (χ1n) is 4.66. The van der Waals surface area contributed by atoms with Gasteiger partial charge in [0.2, 0.25) is 5.96 Å². The third-order valence-corrected chi connectivity index (χ3v) is 1.94.